The highest BCUT2D eigenvalue weighted by Gasteiger charge is 2.24. The molecule has 23 heavy (non-hydrogen) atoms. The van der Waals surface area contributed by atoms with Gasteiger partial charge < -0.3 is 9.64 Å². The molecule has 2 aliphatic rings. The molecule has 126 valence electrons. The van der Waals surface area contributed by atoms with Crippen molar-refractivity contribution in [1.82, 2.24) is 9.80 Å². The van der Waals surface area contributed by atoms with Gasteiger partial charge in [0.05, 0.1) is 6.10 Å². The predicted molar refractivity (Wildman–Crippen MR) is 93.8 cm³/mol. The molecular weight excluding hydrogens is 308 g/mol. The Morgan fingerprint density at radius 2 is 1.96 bits per heavy atom. The van der Waals surface area contributed by atoms with Crippen LogP contribution in [0.1, 0.15) is 19.3 Å². The maximum atomic E-state index is 12.3. The molecule has 2 fully saturated rings. The predicted octanol–water partition coefficient (Wildman–Crippen LogP) is 2.49. The number of hydrogen-bond donors (Lipinski definition) is 0. The van der Waals surface area contributed by atoms with Crippen molar-refractivity contribution in [3.05, 3.63) is 30.3 Å². The van der Waals surface area contributed by atoms with Gasteiger partial charge in [0, 0.05) is 56.4 Å². The first-order valence-corrected chi connectivity index (χ1v) is 9.59. The van der Waals surface area contributed by atoms with Crippen LogP contribution in [0.3, 0.4) is 0 Å². The van der Waals surface area contributed by atoms with E-state index in [0.717, 1.165) is 45.1 Å². The van der Waals surface area contributed by atoms with Gasteiger partial charge in [0.1, 0.15) is 0 Å². The number of piperazine rings is 1. The average Bonchev–Trinajstić information content (AvgIpc) is 3.09. The molecule has 3 rings (SSSR count). The first-order chi connectivity index (χ1) is 11.3. The lowest BCUT2D eigenvalue weighted by molar-refractivity contribution is -0.132. The molecule has 1 aromatic rings. The molecule has 2 aliphatic heterocycles. The first-order valence-electron chi connectivity index (χ1n) is 8.61. The van der Waals surface area contributed by atoms with Gasteiger partial charge in [0.2, 0.25) is 5.91 Å². The molecule has 1 atom stereocenters. The Morgan fingerprint density at radius 1 is 1.17 bits per heavy atom. The number of nitrogens with zero attached hydrogens (tertiary/aromatic N) is 2. The number of ether oxygens (including phenoxy) is 1. The van der Waals surface area contributed by atoms with Crippen LogP contribution in [0.2, 0.25) is 0 Å². The van der Waals surface area contributed by atoms with Crippen LogP contribution in [-0.4, -0.2) is 66.9 Å². The summed E-state index contributed by atoms with van der Waals surface area (Å²) in [7, 11) is 0. The molecule has 0 spiro atoms. The lowest BCUT2D eigenvalue weighted by Crippen LogP contribution is -2.50. The van der Waals surface area contributed by atoms with Gasteiger partial charge in [-0.05, 0) is 25.0 Å². The normalized spacial score (nSPS) is 22.4. The zero-order valence-corrected chi connectivity index (χ0v) is 14.5. The van der Waals surface area contributed by atoms with Gasteiger partial charge in [-0.3, -0.25) is 9.69 Å². The topological polar surface area (TPSA) is 32.8 Å². The Hall–Kier alpha value is -1.04. The van der Waals surface area contributed by atoms with Crippen LogP contribution in [0.25, 0.3) is 0 Å². The molecule has 0 aromatic heterocycles. The quantitative estimate of drug-likeness (QED) is 0.748. The summed E-state index contributed by atoms with van der Waals surface area (Å²) >= 11 is 1.76. The lowest BCUT2D eigenvalue weighted by Gasteiger charge is -2.35. The van der Waals surface area contributed by atoms with E-state index in [4.69, 9.17) is 4.74 Å². The maximum absolute atomic E-state index is 12.3. The molecule has 2 saturated heterocycles. The smallest absolute Gasteiger partial charge is 0.223 e. The highest BCUT2D eigenvalue weighted by molar-refractivity contribution is 7.99. The van der Waals surface area contributed by atoms with Crippen LogP contribution in [0.4, 0.5) is 0 Å². The second-order valence-corrected chi connectivity index (χ2v) is 7.40. The van der Waals surface area contributed by atoms with E-state index in [0.29, 0.717) is 18.4 Å². The number of rotatable bonds is 6. The van der Waals surface area contributed by atoms with Crippen molar-refractivity contribution >= 4 is 17.7 Å². The monoisotopic (exact) mass is 334 g/mol. The van der Waals surface area contributed by atoms with E-state index in [2.05, 4.69) is 17.0 Å². The molecule has 0 saturated carbocycles. The van der Waals surface area contributed by atoms with E-state index in [-0.39, 0.29) is 0 Å². The Balaban J connectivity index is 1.33. The largest absolute Gasteiger partial charge is 0.377 e. The van der Waals surface area contributed by atoms with Crippen LogP contribution in [0.5, 0.6) is 0 Å². The fraction of sp³-hybridized carbons (Fsp3) is 0.611. The van der Waals surface area contributed by atoms with Gasteiger partial charge in [-0.1, -0.05) is 18.2 Å². The minimum absolute atomic E-state index is 0.296. The van der Waals surface area contributed by atoms with Crippen molar-refractivity contribution in [2.45, 2.75) is 30.3 Å². The molecule has 4 nitrogen and oxygen atoms in total. The summed E-state index contributed by atoms with van der Waals surface area (Å²) in [6.07, 6.45) is 3.43. The molecule has 1 amide bonds. The summed E-state index contributed by atoms with van der Waals surface area (Å²) in [4.78, 5) is 18.0. The molecular formula is C18H26N2O2S. The molecule has 1 unspecified atom stereocenters. The Morgan fingerprint density at radius 3 is 2.65 bits per heavy atom. The van der Waals surface area contributed by atoms with E-state index in [1.165, 1.54) is 17.7 Å². The van der Waals surface area contributed by atoms with Crippen molar-refractivity contribution in [3.63, 3.8) is 0 Å². The first kappa shape index (κ1) is 16.8. The van der Waals surface area contributed by atoms with Crippen LogP contribution < -0.4 is 0 Å². The zero-order valence-electron chi connectivity index (χ0n) is 13.7. The van der Waals surface area contributed by atoms with Crippen molar-refractivity contribution in [2.24, 2.45) is 0 Å². The number of carbonyl (C=O) groups is 1. The second kappa shape index (κ2) is 8.71. The molecule has 2 heterocycles. The Kier molecular flexibility index (Phi) is 6.37. The number of benzene rings is 1. The minimum atomic E-state index is 0.296. The summed E-state index contributed by atoms with van der Waals surface area (Å²) in [5.74, 6) is 1.16. The van der Waals surface area contributed by atoms with E-state index in [1.807, 2.05) is 23.1 Å². The Labute approximate surface area is 143 Å². The van der Waals surface area contributed by atoms with Crippen LogP contribution in [-0.2, 0) is 9.53 Å². The highest BCUT2D eigenvalue weighted by Crippen LogP contribution is 2.19. The van der Waals surface area contributed by atoms with E-state index in [9.17, 15) is 4.79 Å². The van der Waals surface area contributed by atoms with Gasteiger partial charge >= 0.3 is 0 Å². The van der Waals surface area contributed by atoms with Crippen molar-refractivity contribution in [1.29, 1.82) is 0 Å². The maximum Gasteiger partial charge on any atom is 0.223 e. The molecule has 0 bridgehead atoms. The zero-order chi connectivity index (χ0) is 15.9. The fourth-order valence-electron chi connectivity index (χ4n) is 3.19. The third-order valence-corrected chi connectivity index (χ3v) is 5.55. The number of carbonyl (C=O) groups excluding carboxylic acids is 1. The fourth-order valence-corrected chi connectivity index (χ4v) is 4.05. The summed E-state index contributed by atoms with van der Waals surface area (Å²) in [5.41, 5.74) is 0. The van der Waals surface area contributed by atoms with Crippen molar-refractivity contribution in [3.8, 4) is 0 Å². The van der Waals surface area contributed by atoms with E-state index < -0.39 is 0 Å². The van der Waals surface area contributed by atoms with Gasteiger partial charge in [0.25, 0.3) is 0 Å². The highest BCUT2D eigenvalue weighted by atomic mass is 32.2. The average molecular weight is 334 g/mol. The van der Waals surface area contributed by atoms with Gasteiger partial charge in [0.15, 0.2) is 0 Å². The molecule has 0 aliphatic carbocycles. The number of hydrogen-bond acceptors (Lipinski definition) is 4. The van der Waals surface area contributed by atoms with Crippen LogP contribution >= 0.6 is 11.8 Å². The van der Waals surface area contributed by atoms with Crippen molar-refractivity contribution < 1.29 is 9.53 Å². The summed E-state index contributed by atoms with van der Waals surface area (Å²) in [6.45, 7) is 5.64. The van der Waals surface area contributed by atoms with Crippen LogP contribution in [0.15, 0.2) is 35.2 Å². The Bertz CT molecular complexity index is 483. The van der Waals surface area contributed by atoms with Crippen molar-refractivity contribution in [2.75, 3.05) is 45.1 Å². The molecule has 1 aromatic carbocycles. The van der Waals surface area contributed by atoms with Gasteiger partial charge in [-0.2, -0.15) is 0 Å². The third kappa shape index (κ3) is 5.23. The SMILES string of the molecule is O=C(CCSc1ccccc1)N1CCN(CC2CCCO2)CC1. The lowest BCUT2D eigenvalue weighted by atomic mass is 10.2. The third-order valence-electron chi connectivity index (χ3n) is 4.54. The second-order valence-electron chi connectivity index (χ2n) is 6.23. The van der Waals surface area contributed by atoms with E-state index >= 15 is 0 Å². The summed E-state index contributed by atoms with van der Waals surface area (Å²) in [6, 6.07) is 10.3. The van der Waals surface area contributed by atoms with Gasteiger partial charge in [-0.15, -0.1) is 11.8 Å². The standard InChI is InChI=1S/C18H26N2O2S/c21-18(8-14-23-17-6-2-1-3-7-17)20-11-9-19(10-12-20)15-16-5-4-13-22-16/h1-3,6-7,16H,4-5,8-15H2. The number of amides is 1. The number of thioether (sulfide) groups is 1. The van der Waals surface area contributed by atoms with Gasteiger partial charge in [-0.25, -0.2) is 0 Å². The minimum Gasteiger partial charge on any atom is -0.377 e. The summed E-state index contributed by atoms with van der Waals surface area (Å²) < 4.78 is 5.70. The van der Waals surface area contributed by atoms with E-state index in [1.54, 1.807) is 11.8 Å². The molecule has 0 N–H and O–H groups in total. The summed E-state index contributed by atoms with van der Waals surface area (Å²) in [5, 5.41) is 0. The van der Waals surface area contributed by atoms with Crippen LogP contribution in [0, 0.1) is 0 Å². The molecule has 5 heteroatoms. The molecule has 0 radical (unpaired) electrons.